The van der Waals surface area contributed by atoms with Crippen LogP contribution in [0.15, 0.2) is 85.2 Å². The Balaban J connectivity index is 1.19. The topological polar surface area (TPSA) is 655 Å². The van der Waals surface area contributed by atoms with E-state index >= 15 is 33.6 Å². The van der Waals surface area contributed by atoms with Gasteiger partial charge < -0.3 is 131 Å². The number of aliphatic hydroxyl groups is 1. The number of unbranched alkanes of at least 4 members (excludes halogenated alkanes) is 2. The maximum atomic E-state index is 15.8. The normalized spacial score (nSPS) is 25.0. The number of aromatic nitrogens is 2. The Hall–Kier alpha value is -12.8. The highest BCUT2D eigenvalue weighted by molar-refractivity contribution is 8.00. The van der Waals surface area contributed by atoms with Crippen LogP contribution in [0.25, 0.3) is 21.8 Å². The number of nitrogens with one attached hydrogen (secondary N) is 12. The third-order valence-electron chi connectivity index (χ3n) is 23.7. The van der Waals surface area contributed by atoms with E-state index in [1.54, 1.807) is 85.2 Å². The van der Waals surface area contributed by atoms with Gasteiger partial charge in [-0.1, -0.05) is 88.1 Å². The first-order valence-corrected chi connectivity index (χ1v) is 45.4. The van der Waals surface area contributed by atoms with E-state index in [-0.39, 0.29) is 83.8 Å². The quantitative estimate of drug-likeness (QED) is 0.0238. The fraction of sp³-hybridized carbons (Fsp3) is 0.545. The minimum absolute atomic E-state index is 0.00550. The van der Waals surface area contributed by atoms with Crippen LogP contribution in [0.2, 0.25) is 0 Å². The molecule has 132 heavy (non-hydrogen) atoms. The number of primary amides is 2. The Bertz CT molecular complexity index is 4940. The Morgan fingerprint density at radius 1 is 0.515 bits per heavy atom. The molecule has 3 aliphatic heterocycles. The number of amides is 17. The number of hydrogen-bond acceptors (Lipinski definition) is 24. The molecule has 3 aromatic carbocycles. The average molecular weight is 1860 g/mol. The van der Waals surface area contributed by atoms with Gasteiger partial charge in [-0.3, -0.25) is 86.3 Å². The maximum absolute atomic E-state index is 15.8. The number of aliphatic carboxylic acids is 1. The van der Waals surface area contributed by atoms with Crippen molar-refractivity contribution in [2.45, 2.75) is 227 Å². The lowest BCUT2D eigenvalue weighted by atomic mass is 9.99. The van der Waals surface area contributed by atoms with Gasteiger partial charge in [0.1, 0.15) is 90.3 Å². The van der Waals surface area contributed by atoms with E-state index in [9.17, 15) is 63.0 Å². The van der Waals surface area contributed by atoms with Crippen molar-refractivity contribution in [1.82, 2.24) is 87.6 Å². The largest absolute Gasteiger partial charge is 0.497 e. The molecule has 2 aromatic heterocycles. The number of aliphatic hydroxyl groups excluding tert-OH is 1. The van der Waals surface area contributed by atoms with Gasteiger partial charge in [0.25, 0.3) is 0 Å². The lowest BCUT2D eigenvalue weighted by Gasteiger charge is -2.36. The van der Waals surface area contributed by atoms with E-state index in [2.05, 4.69) is 63.1 Å². The molecule has 3 aliphatic rings. The van der Waals surface area contributed by atoms with E-state index in [0.29, 0.717) is 69.9 Å². The molecule has 17 amide bonds. The van der Waals surface area contributed by atoms with Gasteiger partial charge in [-0.25, -0.2) is 0 Å². The molecule has 24 N–H and O–H groups in total. The number of carboxylic acids is 1. The molecule has 43 nitrogen and oxygen atoms in total. The van der Waals surface area contributed by atoms with Gasteiger partial charge in [0.15, 0.2) is 0 Å². The number of fused-ring (bicyclic) bond motifs is 4. The van der Waals surface area contributed by atoms with Gasteiger partial charge in [0, 0.05) is 113 Å². The number of methoxy groups -OCH3 is 1. The number of thioether (sulfide) groups is 1. The number of benzene rings is 3. The minimum Gasteiger partial charge on any atom is -0.497 e. The summed E-state index contributed by atoms with van der Waals surface area (Å²) in [7, 11) is 5.39. The molecule has 0 radical (unpaired) electrons. The fourth-order valence-electron chi connectivity index (χ4n) is 16.2. The predicted octanol–water partition coefficient (Wildman–Crippen LogP) is -3.98. The number of carbonyl (C=O) groups excluding carboxylic acids is 17. The first kappa shape index (κ1) is 105. The van der Waals surface area contributed by atoms with Crippen molar-refractivity contribution in [2.75, 3.05) is 79.0 Å². The molecular formula is C88H126N22O21S. The first-order chi connectivity index (χ1) is 62.9. The van der Waals surface area contributed by atoms with E-state index in [1.165, 1.54) is 45.0 Å². The second-order valence-corrected chi connectivity index (χ2v) is 34.3. The van der Waals surface area contributed by atoms with Crippen LogP contribution in [0.1, 0.15) is 134 Å². The number of H-pyrrole nitrogens is 2. The van der Waals surface area contributed by atoms with Crippen molar-refractivity contribution in [2.24, 2.45) is 28.7 Å². The number of carbonyl (C=O) groups is 18. The molecule has 15 atom stereocenters. The van der Waals surface area contributed by atoms with Crippen LogP contribution >= 0.6 is 11.8 Å². The molecule has 3 saturated heterocycles. The van der Waals surface area contributed by atoms with Crippen LogP contribution < -0.4 is 86.6 Å². The molecule has 720 valence electrons. The summed E-state index contributed by atoms with van der Waals surface area (Å²) in [6.07, 6.45) is -0.159. The summed E-state index contributed by atoms with van der Waals surface area (Å²) in [4.78, 5) is 272. The number of likely N-dealkylation sites (N-methyl/N-ethyl adjacent to an activating group) is 3. The molecule has 0 aliphatic carbocycles. The third-order valence-corrected chi connectivity index (χ3v) is 24.8. The molecule has 0 spiro atoms. The van der Waals surface area contributed by atoms with E-state index in [0.717, 1.165) is 26.5 Å². The van der Waals surface area contributed by atoms with Crippen LogP contribution in [0.5, 0.6) is 5.75 Å². The predicted molar refractivity (Wildman–Crippen MR) is 485 cm³/mol. The summed E-state index contributed by atoms with van der Waals surface area (Å²) in [6.45, 7) is 2.61. The van der Waals surface area contributed by atoms with Crippen molar-refractivity contribution in [3.63, 3.8) is 0 Å². The zero-order valence-corrected chi connectivity index (χ0v) is 76.1. The first-order valence-electron chi connectivity index (χ1n) is 44.2. The van der Waals surface area contributed by atoms with Crippen molar-refractivity contribution >= 4 is 140 Å². The average Bonchev–Trinajstić information content (AvgIpc) is 1.51. The molecule has 3 fully saturated rings. The molecular weight excluding hydrogens is 1730 g/mol. The molecule has 0 bridgehead atoms. The van der Waals surface area contributed by atoms with E-state index < -0.39 is 254 Å². The molecule has 44 heteroatoms. The number of nitrogens with zero attached hydrogens (tertiary/aromatic N) is 5. The highest BCUT2D eigenvalue weighted by Crippen LogP contribution is 2.28. The monoisotopic (exact) mass is 1860 g/mol. The number of aromatic amines is 2. The van der Waals surface area contributed by atoms with Crippen LogP contribution in [-0.2, 0) is 106 Å². The molecule has 8 rings (SSSR count). The smallest absolute Gasteiger partial charge is 0.303 e. The van der Waals surface area contributed by atoms with E-state index in [1.807, 2.05) is 13.8 Å². The van der Waals surface area contributed by atoms with Crippen LogP contribution in [-0.4, -0.2) is 321 Å². The molecule has 5 aromatic rings. The van der Waals surface area contributed by atoms with Crippen LogP contribution in [0.4, 0.5) is 0 Å². The summed E-state index contributed by atoms with van der Waals surface area (Å²) in [5.74, 6) is -18.2. The zero-order chi connectivity index (χ0) is 96.7. The van der Waals surface area contributed by atoms with Gasteiger partial charge in [-0.15, -0.1) is 11.8 Å². The van der Waals surface area contributed by atoms with Crippen LogP contribution in [0.3, 0.4) is 0 Å². The Labute approximate surface area is 767 Å². The summed E-state index contributed by atoms with van der Waals surface area (Å²) < 4.78 is 5.33. The number of ether oxygens (including phenoxy) is 1. The van der Waals surface area contributed by atoms with Crippen molar-refractivity contribution in [1.29, 1.82) is 0 Å². The third kappa shape index (κ3) is 28.8. The Morgan fingerprint density at radius 3 is 1.64 bits per heavy atom. The lowest BCUT2D eigenvalue weighted by molar-refractivity contribution is -0.149. The number of para-hydroxylation sites is 2. The van der Waals surface area contributed by atoms with Gasteiger partial charge >= 0.3 is 5.97 Å². The highest BCUT2D eigenvalue weighted by atomic mass is 32.2. The molecule has 5 heterocycles. The maximum Gasteiger partial charge on any atom is 0.303 e. The summed E-state index contributed by atoms with van der Waals surface area (Å²) in [5, 5.41) is 48.7. The second-order valence-electron chi connectivity index (χ2n) is 33.3. The minimum atomic E-state index is -1.83. The fourth-order valence-corrected chi connectivity index (χ4v) is 17.0. The van der Waals surface area contributed by atoms with Gasteiger partial charge in [-0.2, -0.15) is 0 Å². The highest BCUT2D eigenvalue weighted by Gasteiger charge is 2.47. The number of carboxylic acid groups (broad SMARTS) is 1. The second kappa shape index (κ2) is 50.6. The summed E-state index contributed by atoms with van der Waals surface area (Å²) in [6, 6.07) is -1.45. The van der Waals surface area contributed by atoms with Crippen molar-refractivity contribution in [3.05, 3.63) is 102 Å². The van der Waals surface area contributed by atoms with Gasteiger partial charge in [-0.05, 0) is 112 Å². The van der Waals surface area contributed by atoms with Crippen LogP contribution in [0, 0.1) is 0 Å². The van der Waals surface area contributed by atoms with E-state index in [4.69, 9.17) is 33.4 Å². The Morgan fingerprint density at radius 2 is 1.04 bits per heavy atom. The molecule has 0 saturated carbocycles. The molecule has 0 unspecified atom stereocenters. The lowest BCUT2D eigenvalue weighted by Crippen LogP contribution is -2.61. The number of nitrogens with two attached hydrogens (primary N) is 5. The summed E-state index contributed by atoms with van der Waals surface area (Å²) >= 11 is 0.790. The van der Waals surface area contributed by atoms with Gasteiger partial charge in [0.05, 0.1) is 31.9 Å². The summed E-state index contributed by atoms with van der Waals surface area (Å²) in [5.41, 5.74) is 32.2. The van der Waals surface area contributed by atoms with Gasteiger partial charge in [0.2, 0.25) is 100 Å². The SMILES string of the molecule is CCCC[C@H]1C(=O)N(C)[C@@H](CCCC)C(=O)N[C@@H](CCCN)C(=O)N[C@H](C(=O)NCC(N)=O)CSCC(=O)N[C@@H](Cc2ccc(OC)cc2)C(=O)N(C)[C@@H](C)C(=O)N[C@H](CC(N)=O)C(=O)N2CCC[C@H]2C(=O)N[C@@H](CN)C(=O)N[C@@H](CCC(=O)O)C(=O)N2C[C@H](O)C[C@H]2C(=O)N[C@@H](Cc2c[nH]c3ccccc23)C(=O)N[C@@H](CCN)C(=O)N[C@@H](Cc2c[nH]c3ccccc23)C(=O)N1C. The standard InChI is InChI=1S/C88H126N22O21S/c1-8-10-23-67-81(123)99-58(22-16-33-89)77(119)105-66(76(118)96-44-72(93)113)46-132-47-73(114)97-62(36-49-26-28-53(131-7)29-27-49)84(126)106(4)48(3)75(117)102-64(40-71(92)112)87(129)109-35-17-25-68(109)82(124)104-65(41-91)80(122)100-60(30-31-74(115)116)86(128)110-45-52(111)39-70(110)83(125)101-61(37-50-42-94-56-20-14-12-18-54(50)56)79(121)98-59(32-34-90)78(120)103-63(38-51-43-95-57-21-15-13-19-55(51)57)85(127)108(6)69(24-11-9-2)88(130)107(67)5/h12-15,18-21,26-29,42-43,48,52,58-70,94-95,111H,8-11,16-17,22-25,30-41,44-47,89-91H2,1-7H3,(H2,92,112)(H2,93,113)(H,96,118)(H,97,114)(H,98,121)(H,99,123)(H,100,122)(H,101,125)(H,102,117)(H,103,120)(H,104,124)(H,105,119)(H,115,116)/t48-,52+,58-,59-,60-,61-,62-,63-,64+,65-,66-,67-,68-,69-,70-/m0/s1. The van der Waals surface area contributed by atoms with Crippen molar-refractivity contribution in [3.8, 4) is 5.75 Å². The zero-order valence-electron chi connectivity index (χ0n) is 75.3. The van der Waals surface area contributed by atoms with Crippen molar-refractivity contribution < 1.29 is 101 Å². The Kier molecular flexibility index (Phi) is 40.0. The number of rotatable bonds is 27. The number of hydrogen-bond donors (Lipinski definition) is 19.